The summed E-state index contributed by atoms with van der Waals surface area (Å²) in [5.41, 5.74) is 0.368. The van der Waals surface area contributed by atoms with Crippen LogP contribution in [0.2, 0.25) is 5.02 Å². The van der Waals surface area contributed by atoms with Crippen molar-refractivity contribution in [1.82, 2.24) is 0 Å². The van der Waals surface area contributed by atoms with E-state index < -0.39 is 4.92 Å². The van der Waals surface area contributed by atoms with Crippen molar-refractivity contribution >= 4 is 23.0 Å². The highest BCUT2D eigenvalue weighted by Crippen LogP contribution is 2.37. The zero-order valence-electron chi connectivity index (χ0n) is 11.5. The maximum absolute atomic E-state index is 11.3. The fourth-order valence-corrected chi connectivity index (χ4v) is 2.03. The van der Waals surface area contributed by atoms with Crippen LogP contribution < -0.4 is 10.1 Å². The number of ether oxygens (including phenoxy) is 1. The molecule has 0 aliphatic carbocycles. The van der Waals surface area contributed by atoms with Crippen LogP contribution in [-0.4, -0.2) is 11.5 Å². The largest absolute Gasteiger partial charge is 0.450 e. The topological polar surface area (TPSA) is 64.4 Å². The highest BCUT2D eigenvalue weighted by Gasteiger charge is 2.21. The SMILES string of the molecule is CCCNc1cccc(Oc2cccc(Cl)c2)c1[N+](=O)[O-]. The Kier molecular flexibility index (Phi) is 5.00. The number of rotatable bonds is 6. The Morgan fingerprint density at radius 2 is 2.05 bits per heavy atom. The Hall–Kier alpha value is -2.27. The molecule has 110 valence electrons. The monoisotopic (exact) mass is 306 g/mol. The maximum atomic E-state index is 11.3. The first kappa shape index (κ1) is 15.1. The minimum Gasteiger partial charge on any atom is -0.450 e. The number of anilines is 1. The molecule has 2 aromatic rings. The molecule has 0 amide bonds. The van der Waals surface area contributed by atoms with Crippen LogP contribution in [0.5, 0.6) is 11.5 Å². The molecule has 0 atom stereocenters. The van der Waals surface area contributed by atoms with Gasteiger partial charge in [-0.15, -0.1) is 0 Å². The molecule has 0 spiro atoms. The molecule has 1 N–H and O–H groups in total. The third kappa shape index (κ3) is 3.86. The smallest absolute Gasteiger partial charge is 0.334 e. The van der Waals surface area contributed by atoms with Gasteiger partial charge in [-0.25, -0.2) is 0 Å². The van der Waals surface area contributed by atoms with Gasteiger partial charge in [0.2, 0.25) is 5.75 Å². The summed E-state index contributed by atoms with van der Waals surface area (Å²) in [4.78, 5) is 10.9. The number of halogens is 1. The summed E-state index contributed by atoms with van der Waals surface area (Å²) < 4.78 is 5.61. The Labute approximate surface area is 127 Å². The van der Waals surface area contributed by atoms with E-state index in [0.29, 0.717) is 23.0 Å². The molecule has 5 nitrogen and oxygen atoms in total. The summed E-state index contributed by atoms with van der Waals surface area (Å²) in [5.74, 6) is 0.640. The number of nitro groups is 1. The zero-order chi connectivity index (χ0) is 15.2. The average Bonchev–Trinajstić information content (AvgIpc) is 2.45. The van der Waals surface area contributed by atoms with Crippen LogP contribution >= 0.6 is 11.6 Å². The Balaban J connectivity index is 2.36. The van der Waals surface area contributed by atoms with E-state index in [1.165, 1.54) is 0 Å². The van der Waals surface area contributed by atoms with E-state index in [0.717, 1.165) is 6.42 Å². The van der Waals surface area contributed by atoms with Crippen LogP contribution in [0.15, 0.2) is 42.5 Å². The van der Waals surface area contributed by atoms with E-state index in [4.69, 9.17) is 16.3 Å². The van der Waals surface area contributed by atoms with Crippen LogP contribution in [0.3, 0.4) is 0 Å². The lowest BCUT2D eigenvalue weighted by Gasteiger charge is -2.10. The summed E-state index contributed by atoms with van der Waals surface area (Å²) in [6, 6.07) is 11.7. The lowest BCUT2D eigenvalue weighted by Crippen LogP contribution is -2.04. The third-order valence-electron chi connectivity index (χ3n) is 2.77. The Bertz CT molecular complexity index is 647. The molecule has 21 heavy (non-hydrogen) atoms. The van der Waals surface area contributed by atoms with Crippen LogP contribution in [0.1, 0.15) is 13.3 Å². The van der Waals surface area contributed by atoms with Crippen molar-refractivity contribution in [3.05, 3.63) is 57.6 Å². The summed E-state index contributed by atoms with van der Waals surface area (Å²) in [7, 11) is 0. The quantitative estimate of drug-likeness (QED) is 0.611. The molecule has 0 fully saturated rings. The van der Waals surface area contributed by atoms with Gasteiger partial charge in [0.15, 0.2) is 0 Å². The fourth-order valence-electron chi connectivity index (χ4n) is 1.85. The predicted molar refractivity (Wildman–Crippen MR) is 83.4 cm³/mol. The molecule has 0 radical (unpaired) electrons. The van der Waals surface area contributed by atoms with Crippen LogP contribution in [0.4, 0.5) is 11.4 Å². The van der Waals surface area contributed by atoms with Crippen molar-refractivity contribution in [2.45, 2.75) is 13.3 Å². The average molecular weight is 307 g/mol. The number of nitro benzene ring substituents is 1. The molecular formula is C15H15ClN2O3. The molecule has 0 aliphatic rings. The minimum absolute atomic E-state index is 0.0778. The molecule has 0 unspecified atom stereocenters. The van der Waals surface area contributed by atoms with Gasteiger partial charge in [0, 0.05) is 11.6 Å². The van der Waals surface area contributed by atoms with E-state index in [2.05, 4.69) is 5.32 Å². The highest BCUT2D eigenvalue weighted by molar-refractivity contribution is 6.30. The second kappa shape index (κ2) is 6.95. The standard InChI is InChI=1S/C15H15ClN2O3/c1-2-9-17-13-7-4-8-14(15(13)18(19)20)21-12-6-3-5-11(16)10-12/h3-8,10,17H,2,9H2,1H3. The van der Waals surface area contributed by atoms with Gasteiger partial charge in [0.25, 0.3) is 0 Å². The Morgan fingerprint density at radius 3 is 2.71 bits per heavy atom. The number of hydrogen-bond acceptors (Lipinski definition) is 4. The summed E-state index contributed by atoms with van der Waals surface area (Å²) in [5, 5.41) is 14.9. The molecular weight excluding hydrogens is 292 g/mol. The molecule has 0 bridgehead atoms. The zero-order valence-corrected chi connectivity index (χ0v) is 12.3. The van der Waals surface area contributed by atoms with Gasteiger partial charge in [-0.2, -0.15) is 0 Å². The second-order valence-electron chi connectivity index (χ2n) is 4.40. The number of benzene rings is 2. The van der Waals surface area contributed by atoms with E-state index in [1.807, 2.05) is 6.92 Å². The first-order valence-electron chi connectivity index (χ1n) is 6.56. The van der Waals surface area contributed by atoms with Crippen molar-refractivity contribution < 1.29 is 9.66 Å². The summed E-state index contributed by atoms with van der Waals surface area (Å²) in [6.07, 6.45) is 0.872. The summed E-state index contributed by atoms with van der Waals surface area (Å²) >= 11 is 5.89. The first-order chi connectivity index (χ1) is 10.1. The van der Waals surface area contributed by atoms with E-state index in [9.17, 15) is 10.1 Å². The van der Waals surface area contributed by atoms with Crippen molar-refractivity contribution in [1.29, 1.82) is 0 Å². The number of para-hydroxylation sites is 1. The second-order valence-corrected chi connectivity index (χ2v) is 4.83. The van der Waals surface area contributed by atoms with Crippen molar-refractivity contribution in [3.8, 4) is 11.5 Å². The van der Waals surface area contributed by atoms with Crippen LogP contribution in [0.25, 0.3) is 0 Å². The molecule has 6 heteroatoms. The van der Waals surface area contributed by atoms with Crippen LogP contribution in [0, 0.1) is 10.1 Å². The molecule has 0 aromatic heterocycles. The van der Waals surface area contributed by atoms with Crippen molar-refractivity contribution in [2.75, 3.05) is 11.9 Å². The molecule has 2 rings (SSSR count). The molecule has 2 aromatic carbocycles. The lowest BCUT2D eigenvalue weighted by molar-refractivity contribution is -0.384. The number of hydrogen-bond donors (Lipinski definition) is 1. The van der Waals surface area contributed by atoms with Crippen molar-refractivity contribution in [2.24, 2.45) is 0 Å². The van der Waals surface area contributed by atoms with Gasteiger partial charge >= 0.3 is 5.69 Å². The van der Waals surface area contributed by atoms with Crippen LogP contribution in [-0.2, 0) is 0 Å². The van der Waals surface area contributed by atoms with E-state index >= 15 is 0 Å². The molecule has 0 saturated heterocycles. The van der Waals surface area contributed by atoms with E-state index in [1.54, 1.807) is 42.5 Å². The van der Waals surface area contributed by atoms with Gasteiger partial charge < -0.3 is 10.1 Å². The highest BCUT2D eigenvalue weighted by atomic mass is 35.5. The minimum atomic E-state index is -0.447. The maximum Gasteiger partial charge on any atom is 0.334 e. The van der Waals surface area contributed by atoms with Crippen molar-refractivity contribution in [3.63, 3.8) is 0 Å². The van der Waals surface area contributed by atoms with Gasteiger partial charge in [0.05, 0.1) is 4.92 Å². The first-order valence-corrected chi connectivity index (χ1v) is 6.94. The van der Waals surface area contributed by atoms with Gasteiger partial charge in [-0.05, 0) is 36.8 Å². The van der Waals surface area contributed by atoms with Gasteiger partial charge in [0.1, 0.15) is 11.4 Å². The van der Waals surface area contributed by atoms with Gasteiger partial charge in [-0.1, -0.05) is 30.7 Å². The normalized spacial score (nSPS) is 10.2. The van der Waals surface area contributed by atoms with Gasteiger partial charge in [-0.3, -0.25) is 10.1 Å². The Morgan fingerprint density at radius 1 is 1.29 bits per heavy atom. The number of nitrogens with zero attached hydrogens (tertiary/aromatic N) is 1. The lowest BCUT2D eigenvalue weighted by atomic mass is 10.2. The van der Waals surface area contributed by atoms with E-state index in [-0.39, 0.29) is 11.4 Å². The number of nitrogens with one attached hydrogen (secondary N) is 1. The fraction of sp³-hybridized carbons (Fsp3) is 0.200. The predicted octanol–water partition coefficient (Wildman–Crippen LogP) is 4.86. The molecule has 0 saturated carbocycles. The molecule has 0 heterocycles. The molecule has 0 aliphatic heterocycles. The summed E-state index contributed by atoms with van der Waals surface area (Å²) in [6.45, 7) is 2.65. The third-order valence-corrected chi connectivity index (χ3v) is 3.01.